The maximum absolute atomic E-state index is 11.6. The first-order valence-electron chi connectivity index (χ1n) is 5.95. The first-order valence-corrected chi connectivity index (χ1v) is 7.15. The SMILES string of the molecule is O=C(CC1CCNC1)NCCc1ccc(Cl)s1. The van der Waals surface area contributed by atoms with Crippen LogP contribution in [0.5, 0.6) is 0 Å². The zero-order valence-electron chi connectivity index (χ0n) is 9.67. The molecule has 17 heavy (non-hydrogen) atoms. The lowest BCUT2D eigenvalue weighted by Crippen LogP contribution is -2.28. The molecule has 0 bridgehead atoms. The molecule has 1 unspecified atom stereocenters. The number of nitrogens with one attached hydrogen (secondary N) is 2. The minimum Gasteiger partial charge on any atom is -0.356 e. The van der Waals surface area contributed by atoms with E-state index in [4.69, 9.17) is 11.6 Å². The molecule has 1 aromatic rings. The van der Waals surface area contributed by atoms with Crippen molar-refractivity contribution in [2.45, 2.75) is 19.3 Å². The van der Waals surface area contributed by atoms with Gasteiger partial charge in [0.1, 0.15) is 0 Å². The van der Waals surface area contributed by atoms with Gasteiger partial charge in [0.25, 0.3) is 0 Å². The van der Waals surface area contributed by atoms with Crippen LogP contribution in [0.15, 0.2) is 12.1 Å². The van der Waals surface area contributed by atoms with E-state index in [-0.39, 0.29) is 5.91 Å². The highest BCUT2D eigenvalue weighted by atomic mass is 35.5. The molecular formula is C12H17ClN2OS. The van der Waals surface area contributed by atoms with Crippen LogP contribution in [-0.2, 0) is 11.2 Å². The average molecular weight is 273 g/mol. The molecule has 0 spiro atoms. The average Bonchev–Trinajstić information content (AvgIpc) is 2.90. The summed E-state index contributed by atoms with van der Waals surface area (Å²) in [5.41, 5.74) is 0. The summed E-state index contributed by atoms with van der Waals surface area (Å²) in [6.07, 6.45) is 2.64. The Labute approximate surface area is 111 Å². The molecule has 2 rings (SSSR count). The summed E-state index contributed by atoms with van der Waals surface area (Å²) in [7, 11) is 0. The summed E-state index contributed by atoms with van der Waals surface area (Å²) in [4.78, 5) is 12.9. The molecule has 1 amide bonds. The Kier molecular flexibility index (Phi) is 4.83. The van der Waals surface area contributed by atoms with Gasteiger partial charge in [-0.15, -0.1) is 11.3 Å². The topological polar surface area (TPSA) is 41.1 Å². The summed E-state index contributed by atoms with van der Waals surface area (Å²) in [5, 5.41) is 6.23. The van der Waals surface area contributed by atoms with Gasteiger partial charge in [-0.3, -0.25) is 4.79 Å². The highest BCUT2D eigenvalue weighted by Crippen LogP contribution is 2.21. The Morgan fingerprint density at radius 2 is 2.47 bits per heavy atom. The Morgan fingerprint density at radius 1 is 1.59 bits per heavy atom. The molecule has 0 radical (unpaired) electrons. The summed E-state index contributed by atoms with van der Waals surface area (Å²) < 4.78 is 0.809. The van der Waals surface area contributed by atoms with E-state index in [2.05, 4.69) is 10.6 Å². The largest absolute Gasteiger partial charge is 0.356 e. The van der Waals surface area contributed by atoms with Crippen molar-refractivity contribution in [2.75, 3.05) is 19.6 Å². The van der Waals surface area contributed by atoms with Crippen molar-refractivity contribution in [2.24, 2.45) is 5.92 Å². The number of halogens is 1. The molecular weight excluding hydrogens is 256 g/mol. The van der Waals surface area contributed by atoms with Gasteiger partial charge < -0.3 is 10.6 Å². The van der Waals surface area contributed by atoms with Gasteiger partial charge in [-0.2, -0.15) is 0 Å². The van der Waals surface area contributed by atoms with E-state index in [0.717, 1.165) is 30.3 Å². The number of carbonyl (C=O) groups excluding carboxylic acids is 1. The van der Waals surface area contributed by atoms with Crippen LogP contribution in [0.3, 0.4) is 0 Å². The van der Waals surface area contributed by atoms with Gasteiger partial charge in [-0.1, -0.05) is 11.6 Å². The molecule has 2 heterocycles. The number of thiophene rings is 1. The standard InChI is InChI=1S/C12H17ClN2OS/c13-11-2-1-10(17-11)4-6-15-12(16)7-9-3-5-14-8-9/h1-2,9,14H,3-8H2,(H,15,16). The number of carbonyl (C=O) groups is 1. The molecule has 2 N–H and O–H groups in total. The highest BCUT2D eigenvalue weighted by molar-refractivity contribution is 7.16. The van der Waals surface area contributed by atoms with Gasteiger partial charge in [0.15, 0.2) is 0 Å². The first kappa shape index (κ1) is 12.9. The molecule has 1 aliphatic heterocycles. The fourth-order valence-electron chi connectivity index (χ4n) is 2.03. The second kappa shape index (κ2) is 6.38. The van der Waals surface area contributed by atoms with Gasteiger partial charge in [0.2, 0.25) is 5.91 Å². The summed E-state index contributed by atoms with van der Waals surface area (Å²) in [6.45, 7) is 2.73. The molecule has 1 saturated heterocycles. The van der Waals surface area contributed by atoms with Gasteiger partial charge in [-0.05, 0) is 44.0 Å². The Bertz CT molecular complexity index is 374. The van der Waals surface area contributed by atoms with Crippen LogP contribution in [0.1, 0.15) is 17.7 Å². The van der Waals surface area contributed by atoms with Crippen molar-refractivity contribution in [1.29, 1.82) is 0 Å². The van der Waals surface area contributed by atoms with E-state index in [1.54, 1.807) is 11.3 Å². The molecule has 1 atom stereocenters. The van der Waals surface area contributed by atoms with Gasteiger partial charge in [0, 0.05) is 17.8 Å². The smallest absolute Gasteiger partial charge is 0.220 e. The normalized spacial score (nSPS) is 19.5. The maximum atomic E-state index is 11.6. The Morgan fingerprint density at radius 3 is 3.12 bits per heavy atom. The van der Waals surface area contributed by atoms with Crippen molar-refractivity contribution in [3.05, 3.63) is 21.3 Å². The minimum atomic E-state index is 0.168. The van der Waals surface area contributed by atoms with Crippen LogP contribution in [0, 0.1) is 5.92 Å². The minimum absolute atomic E-state index is 0.168. The Hall–Kier alpha value is -0.580. The van der Waals surface area contributed by atoms with E-state index in [9.17, 15) is 4.79 Å². The molecule has 0 aromatic carbocycles. The van der Waals surface area contributed by atoms with E-state index in [1.165, 1.54) is 4.88 Å². The maximum Gasteiger partial charge on any atom is 0.220 e. The zero-order valence-corrected chi connectivity index (χ0v) is 11.2. The number of rotatable bonds is 5. The van der Waals surface area contributed by atoms with Crippen molar-refractivity contribution in [3.63, 3.8) is 0 Å². The molecule has 3 nitrogen and oxygen atoms in total. The summed E-state index contributed by atoms with van der Waals surface area (Å²) in [6, 6.07) is 3.91. The van der Waals surface area contributed by atoms with Crippen LogP contribution in [0.25, 0.3) is 0 Å². The molecule has 1 aromatic heterocycles. The van der Waals surface area contributed by atoms with E-state index >= 15 is 0 Å². The number of amides is 1. The van der Waals surface area contributed by atoms with Crippen molar-refractivity contribution < 1.29 is 4.79 Å². The molecule has 5 heteroatoms. The third-order valence-corrected chi connectivity index (χ3v) is 4.25. The van der Waals surface area contributed by atoms with Crippen molar-refractivity contribution in [3.8, 4) is 0 Å². The van der Waals surface area contributed by atoms with Gasteiger partial charge in [0.05, 0.1) is 4.34 Å². The fourth-order valence-corrected chi connectivity index (χ4v) is 3.12. The van der Waals surface area contributed by atoms with Crippen LogP contribution >= 0.6 is 22.9 Å². The quantitative estimate of drug-likeness (QED) is 0.862. The summed E-state index contributed by atoms with van der Waals surface area (Å²) >= 11 is 7.42. The first-order chi connectivity index (χ1) is 8.24. The zero-order chi connectivity index (χ0) is 12.1. The van der Waals surface area contributed by atoms with E-state index < -0.39 is 0 Å². The lowest BCUT2D eigenvalue weighted by atomic mass is 10.0. The molecule has 1 aliphatic rings. The lowest BCUT2D eigenvalue weighted by Gasteiger charge is -2.08. The third-order valence-electron chi connectivity index (χ3n) is 2.96. The molecule has 1 fully saturated rings. The third kappa shape index (κ3) is 4.30. The lowest BCUT2D eigenvalue weighted by molar-refractivity contribution is -0.121. The monoisotopic (exact) mass is 272 g/mol. The predicted molar refractivity (Wildman–Crippen MR) is 71.6 cm³/mol. The van der Waals surface area contributed by atoms with Gasteiger partial charge in [-0.25, -0.2) is 0 Å². The second-order valence-electron chi connectivity index (χ2n) is 4.37. The van der Waals surface area contributed by atoms with Crippen LogP contribution in [0.2, 0.25) is 4.34 Å². The van der Waals surface area contributed by atoms with Crippen LogP contribution in [0.4, 0.5) is 0 Å². The van der Waals surface area contributed by atoms with E-state index in [1.807, 2.05) is 12.1 Å². The van der Waals surface area contributed by atoms with E-state index in [0.29, 0.717) is 18.9 Å². The molecule has 0 saturated carbocycles. The molecule has 0 aliphatic carbocycles. The molecule has 94 valence electrons. The fraction of sp³-hybridized carbons (Fsp3) is 0.583. The number of hydrogen-bond donors (Lipinski definition) is 2. The van der Waals surface area contributed by atoms with Crippen LogP contribution < -0.4 is 10.6 Å². The predicted octanol–water partition coefficient (Wildman–Crippen LogP) is 2.06. The highest BCUT2D eigenvalue weighted by Gasteiger charge is 2.17. The number of hydrogen-bond acceptors (Lipinski definition) is 3. The Balaban J connectivity index is 1.62. The van der Waals surface area contributed by atoms with Crippen molar-refractivity contribution >= 4 is 28.8 Å². The van der Waals surface area contributed by atoms with Gasteiger partial charge >= 0.3 is 0 Å². The summed E-state index contributed by atoms with van der Waals surface area (Å²) in [5.74, 6) is 0.688. The van der Waals surface area contributed by atoms with Crippen molar-refractivity contribution in [1.82, 2.24) is 10.6 Å². The second-order valence-corrected chi connectivity index (χ2v) is 6.17. The van der Waals surface area contributed by atoms with Crippen LogP contribution in [-0.4, -0.2) is 25.5 Å².